The molecule has 0 radical (unpaired) electrons. The third-order valence-corrected chi connectivity index (χ3v) is 4.22. The Hall–Kier alpha value is -0.0400. The summed E-state index contributed by atoms with van der Waals surface area (Å²) in [6, 6.07) is 0.683. The maximum atomic E-state index is 2.44. The lowest BCUT2D eigenvalue weighted by Gasteiger charge is -2.47. The Morgan fingerprint density at radius 2 is 1.36 bits per heavy atom. The Labute approximate surface area is 90.9 Å². The van der Waals surface area contributed by atoms with Crippen molar-refractivity contribution in [2.75, 3.05) is 14.1 Å². The zero-order chi connectivity index (χ0) is 11.5. The van der Waals surface area contributed by atoms with Crippen molar-refractivity contribution in [2.45, 2.75) is 54.0 Å². The summed E-state index contributed by atoms with van der Waals surface area (Å²) in [5.74, 6) is 1.46. The minimum atomic E-state index is 0.415. The Morgan fingerprint density at radius 3 is 1.43 bits per heavy atom. The van der Waals surface area contributed by atoms with Crippen LogP contribution in [0.2, 0.25) is 0 Å². The van der Waals surface area contributed by atoms with E-state index in [1.807, 2.05) is 0 Å². The van der Waals surface area contributed by atoms with Gasteiger partial charge in [-0.25, -0.2) is 0 Å². The van der Waals surface area contributed by atoms with Crippen LogP contribution in [0.3, 0.4) is 0 Å². The molecule has 14 heavy (non-hydrogen) atoms. The van der Waals surface area contributed by atoms with E-state index in [4.69, 9.17) is 0 Å². The normalized spacial score (nSPS) is 15.6. The van der Waals surface area contributed by atoms with Gasteiger partial charge in [-0.1, -0.05) is 41.5 Å². The van der Waals surface area contributed by atoms with Crippen LogP contribution in [0, 0.1) is 17.3 Å². The molecule has 0 amide bonds. The van der Waals surface area contributed by atoms with E-state index >= 15 is 0 Å². The Balaban J connectivity index is 4.96. The molecule has 0 N–H and O–H groups in total. The summed E-state index contributed by atoms with van der Waals surface area (Å²) >= 11 is 0. The quantitative estimate of drug-likeness (QED) is 0.653. The van der Waals surface area contributed by atoms with Gasteiger partial charge in [-0.15, -0.1) is 0 Å². The maximum absolute atomic E-state index is 2.44. The Bertz CT molecular complexity index is 151. The lowest BCUT2D eigenvalue weighted by molar-refractivity contribution is 0.0223. The zero-order valence-electron chi connectivity index (χ0n) is 11.4. The van der Waals surface area contributed by atoms with E-state index in [-0.39, 0.29) is 0 Å². The van der Waals surface area contributed by atoms with Crippen LogP contribution in [0.1, 0.15) is 48.0 Å². The molecule has 0 saturated heterocycles. The number of hydrogen-bond acceptors (Lipinski definition) is 1. The van der Waals surface area contributed by atoms with Crippen LogP contribution in [0.15, 0.2) is 0 Å². The monoisotopic (exact) mass is 199 g/mol. The molecule has 1 heteroatoms. The van der Waals surface area contributed by atoms with Crippen molar-refractivity contribution in [2.24, 2.45) is 17.3 Å². The Morgan fingerprint density at radius 1 is 1.00 bits per heavy atom. The van der Waals surface area contributed by atoms with Crippen molar-refractivity contribution in [1.29, 1.82) is 0 Å². The molecule has 0 saturated carbocycles. The molecule has 0 aliphatic heterocycles. The number of hydrogen-bond donors (Lipinski definition) is 0. The number of rotatable bonds is 5. The molecular weight excluding hydrogens is 170 g/mol. The van der Waals surface area contributed by atoms with Gasteiger partial charge in [0.2, 0.25) is 0 Å². The fourth-order valence-electron chi connectivity index (χ4n) is 2.80. The highest BCUT2D eigenvalue weighted by Gasteiger charge is 2.39. The van der Waals surface area contributed by atoms with Gasteiger partial charge in [0.15, 0.2) is 0 Å². The lowest BCUT2D eigenvalue weighted by Crippen LogP contribution is -2.48. The van der Waals surface area contributed by atoms with Gasteiger partial charge < -0.3 is 4.90 Å². The van der Waals surface area contributed by atoms with Crippen LogP contribution >= 0.6 is 0 Å². The fraction of sp³-hybridized carbons (Fsp3) is 1.00. The van der Waals surface area contributed by atoms with Gasteiger partial charge in [0.1, 0.15) is 0 Å². The van der Waals surface area contributed by atoms with Gasteiger partial charge in [-0.05, 0) is 37.8 Å². The highest BCUT2D eigenvalue weighted by Crippen LogP contribution is 2.41. The second-order valence-corrected chi connectivity index (χ2v) is 5.56. The molecule has 0 rings (SSSR count). The summed E-state index contributed by atoms with van der Waals surface area (Å²) in [4.78, 5) is 2.39. The van der Waals surface area contributed by atoms with Crippen molar-refractivity contribution >= 4 is 0 Å². The lowest BCUT2D eigenvalue weighted by atomic mass is 9.64. The second-order valence-electron chi connectivity index (χ2n) is 5.56. The second kappa shape index (κ2) is 5.16. The van der Waals surface area contributed by atoms with E-state index in [0.29, 0.717) is 11.5 Å². The highest BCUT2D eigenvalue weighted by atomic mass is 15.1. The summed E-state index contributed by atoms with van der Waals surface area (Å²) in [5, 5.41) is 0. The van der Waals surface area contributed by atoms with Gasteiger partial charge in [-0.3, -0.25) is 0 Å². The molecule has 0 aliphatic carbocycles. The molecule has 0 aliphatic rings. The van der Waals surface area contributed by atoms with Crippen molar-refractivity contribution in [3.05, 3.63) is 0 Å². The van der Waals surface area contributed by atoms with Crippen molar-refractivity contribution in [3.8, 4) is 0 Å². The Kier molecular flexibility index (Phi) is 5.14. The van der Waals surface area contributed by atoms with Crippen LogP contribution < -0.4 is 0 Å². The van der Waals surface area contributed by atoms with E-state index in [1.165, 1.54) is 6.42 Å². The van der Waals surface area contributed by atoms with Crippen LogP contribution in [-0.2, 0) is 0 Å². The van der Waals surface area contributed by atoms with Crippen molar-refractivity contribution in [1.82, 2.24) is 4.90 Å². The summed E-state index contributed by atoms with van der Waals surface area (Å²) in [6.07, 6.45) is 1.24. The summed E-state index contributed by atoms with van der Waals surface area (Å²) in [6.45, 7) is 14.2. The van der Waals surface area contributed by atoms with E-state index in [1.54, 1.807) is 0 Å². The van der Waals surface area contributed by atoms with Gasteiger partial charge >= 0.3 is 0 Å². The smallest absolute Gasteiger partial charge is 0.0145 e. The van der Waals surface area contributed by atoms with Gasteiger partial charge in [-0.2, -0.15) is 0 Å². The first-order valence-corrected chi connectivity index (χ1v) is 5.94. The number of nitrogens with zero attached hydrogens (tertiary/aromatic N) is 1. The van der Waals surface area contributed by atoms with Crippen LogP contribution in [0.25, 0.3) is 0 Å². The minimum absolute atomic E-state index is 0.415. The first-order valence-electron chi connectivity index (χ1n) is 5.94. The van der Waals surface area contributed by atoms with Gasteiger partial charge in [0.05, 0.1) is 0 Å². The molecule has 0 bridgehead atoms. The molecule has 0 fully saturated rings. The van der Waals surface area contributed by atoms with Crippen LogP contribution in [-0.4, -0.2) is 25.0 Å². The first kappa shape index (κ1) is 14.0. The van der Waals surface area contributed by atoms with E-state index in [2.05, 4.69) is 60.5 Å². The first-order chi connectivity index (χ1) is 6.28. The average molecular weight is 199 g/mol. The van der Waals surface area contributed by atoms with E-state index in [9.17, 15) is 0 Å². The molecule has 0 heterocycles. The predicted molar refractivity (Wildman–Crippen MR) is 65.5 cm³/mol. The van der Waals surface area contributed by atoms with Gasteiger partial charge in [0.25, 0.3) is 0 Å². The van der Waals surface area contributed by atoms with Crippen molar-refractivity contribution in [3.63, 3.8) is 0 Å². The third-order valence-electron chi connectivity index (χ3n) is 4.22. The predicted octanol–water partition coefficient (Wildman–Crippen LogP) is 3.64. The fourth-order valence-corrected chi connectivity index (χ4v) is 2.80. The summed E-state index contributed by atoms with van der Waals surface area (Å²) < 4.78 is 0. The SMILES string of the molecule is CCC(N(C)C)C(C)(C(C)C)C(C)C. The summed E-state index contributed by atoms with van der Waals surface area (Å²) in [5.41, 5.74) is 0.415. The molecule has 0 aromatic heterocycles. The van der Waals surface area contributed by atoms with Gasteiger partial charge in [0, 0.05) is 6.04 Å². The standard InChI is InChI=1S/C13H29N/c1-9-12(14(7)8)13(6,10(2)3)11(4)5/h10-12H,9H2,1-8H3. The average Bonchev–Trinajstić information content (AvgIpc) is 2.03. The molecule has 0 aromatic rings. The highest BCUT2D eigenvalue weighted by molar-refractivity contribution is 4.91. The topological polar surface area (TPSA) is 3.24 Å². The zero-order valence-corrected chi connectivity index (χ0v) is 11.4. The molecule has 1 atom stereocenters. The molecule has 0 aromatic carbocycles. The molecule has 1 unspecified atom stereocenters. The third kappa shape index (κ3) is 2.50. The largest absolute Gasteiger partial charge is 0.306 e. The molecule has 86 valence electrons. The molecule has 1 nitrogen and oxygen atoms in total. The van der Waals surface area contributed by atoms with E-state index < -0.39 is 0 Å². The summed E-state index contributed by atoms with van der Waals surface area (Å²) in [7, 11) is 4.41. The minimum Gasteiger partial charge on any atom is -0.306 e. The van der Waals surface area contributed by atoms with Crippen LogP contribution in [0.5, 0.6) is 0 Å². The maximum Gasteiger partial charge on any atom is 0.0145 e. The molecular formula is C13H29N. The molecule has 0 spiro atoms. The van der Waals surface area contributed by atoms with E-state index in [0.717, 1.165) is 11.8 Å². The van der Waals surface area contributed by atoms with Crippen molar-refractivity contribution < 1.29 is 0 Å². The van der Waals surface area contributed by atoms with Crippen LogP contribution in [0.4, 0.5) is 0 Å².